The van der Waals surface area contributed by atoms with Crippen molar-refractivity contribution in [1.29, 1.82) is 0 Å². The van der Waals surface area contributed by atoms with Crippen LogP contribution in [0, 0.1) is 0 Å². The Morgan fingerprint density at radius 2 is 1.81 bits per heavy atom. The summed E-state index contributed by atoms with van der Waals surface area (Å²) < 4.78 is 30.6. The Bertz CT molecular complexity index is 418. The molecule has 21 heavy (non-hydrogen) atoms. The van der Waals surface area contributed by atoms with Gasteiger partial charge in [-0.05, 0) is 12.5 Å². The zero-order chi connectivity index (χ0) is 15.6. The molecule has 0 aromatic heterocycles. The summed E-state index contributed by atoms with van der Waals surface area (Å²) in [6.45, 7) is 4.08. The van der Waals surface area contributed by atoms with E-state index in [0.29, 0.717) is 24.0 Å². The molecule has 0 saturated carbocycles. The van der Waals surface area contributed by atoms with Crippen LogP contribution in [0.3, 0.4) is 0 Å². The van der Waals surface area contributed by atoms with Crippen molar-refractivity contribution in [3.8, 4) is 0 Å². The molecule has 0 spiro atoms. The van der Waals surface area contributed by atoms with E-state index in [4.69, 9.17) is 4.55 Å². The molecule has 0 atom stereocenters. The monoisotopic (exact) mass is 324 g/mol. The molecule has 0 rings (SSSR count). The molecule has 0 aromatic carbocycles. The van der Waals surface area contributed by atoms with Gasteiger partial charge in [0.1, 0.15) is 0 Å². The third-order valence-corrected chi connectivity index (χ3v) is 3.71. The highest BCUT2D eigenvalue weighted by molar-refractivity contribution is 7.85. The minimum absolute atomic E-state index is 0. The lowest BCUT2D eigenvalue weighted by Crippen LogP contribution is -2.43. The van der Waals surface area contributed by atoms with Gasteiger partial charge >= 0.3 is 0 Å². The normalized spacial score (nSPS) is 12.2. The molecule has 0 saturated heterocycles. The fraction of sp³-hybridized carbons (Fsp3) is 0.769. The molecule has 0 aromatic rings. The molecule has 0 heterocycles. The van der Waals surface area contributed by atoms with E-state index in [1.807, 2.05) is 27.1 Å². The van der Waals surface area contributed by atoms with Gasteiger partial charge in [0.05, 0.1) is 32.9 Å². The van der Waals surface area contributed by atoms with Crippen LogP contribution in [0.2, 0.25) is 0 Å². The van der Waals surface area contributed by atoms with Gasteiger partial charge in [0, 0.05) is 19.4 Å². The Morgan fingerprint density at radius 1 is 1.24 bits per heavy atom. The van der Waals surface area contributed by atoms with Gasteiger partial charge in [-0.3, -0.25) is 9.35 Å². The third-order valence-electron chi connectivity index (χ3n) is 2.91. The number of carbonyl (C=O) groups is 1. The molecule has 7 nitrogen and oxygen atoms in total. The second-order valence-electron chi connectivity index (χ2n) is 5.48. The van der Waals surface area contributed by atoms with Crippen LogP contribution >= 0.6 is 0 Å². The number of allylic oxidation sites excluding steroid dienone is 1. The number of hydrogen-bond donors (Lipinski definition) is 2. The molecule has 126 valence electrons. The van der Waals surface area contributed by atoms with Crippen LogP contribution in [0.25, 0.3) is 0 Å². The van der Waals surface area contributed by atoms with Gasteiger partial charge in [-0.1, -0.05) is 13.0 Å². The predicted molar refractivity (Wildman–Crippen MR) is 81.9 cm³/mol. The molecule has 0 aliphatic carbocycles. The van der Waals surface area contributed by atoms with Crippen molar-refractivity contribution in [2.24, 2.45) is 0 Å². The van der Waals surface area contributed by atoms with Crippen LogP contribution < -0.4 is 5.32 Å². The standard InChI is InChI=1S/C13H26N2O4S.H2O/c1-4-5-8-13(16)14-9-6-10-15(2,3)11-7-12-20(17,18)19;/h5,8H,4,6-7,9-12H2,1-3H3,(H-,14,16,17,18,19);1H2. The van der Waals surface area contributed by atoms with E-state index in [1.165, 1.54) is 6.08 Å². The second kappa shape index (κ2) is 10.7. The van der Waals surface area contributed by atoms with Crippen molar-refractivity contribution in [1.82, 2.24) is 5.32 Å². The van der Waals surface area contributed by atoms with E-state index in [-0.39, 0.29) is 17.1 Å². The highest BCUT2D eigenvalue weighted by atomic mass is 32.2. The van der Waals surface area contributed by atoms with Gasteiger partial charge in [0.25, 0.3) is 10.1 Å². The summed E-state index contributed by atoms with van der Waals surface area (Å²) in [5, 5.41) is 2.80. The Labute approximate surface area is 127 Å². The first-order chi connectivity index (χ1) is 9.16. The van der Waals surface area contributed by atoms with E-state index < -0.39 is 10.1 Å². The maximum atomic E-state index is 11.3. The maximum absolute atomic E-state index is 11.3. The van der Waals surface area contributed by atoms with Gasteiger partial charge in [-0.25, -0.2) is 0 Å². The molecule has 0 fully saturated rings. The molecule has 0 bridgehead atoms. The predicted octanol–water partition coefficient (Wildman–Crippen LogP) is 0.636. The van der Waals surface area contributed by atoms with Crippen LogP contribution in [0.15, 0.2) is 12.2 Å². The topological polar surface area (TPSA) is 113 Å². The Balaban J connectivity index is 0. The van der Waals surface area contributed by atoms with Crippen molar-refractivity contribution in [2.45, 2.75) is 26.2 Å². The number of quaternary nitrogens is 1. The van der Waals surface area contributed by atoms with Crippen molar-refractivity contribution >= 4 is 16.0 Å². The number of nitrogens with zero attached hydrogens (tertiary/aromatic N) is 1. The minimum Gasteiger partial charge on any atom is -0.870 e. The minimum atomic E-state index is -3.87. The van der Waals surface area contributed by atoms with Gasteiger partial charge in [-0.15, -0.1) is 0 Å². The van der Waals surface area contributed by atoms with Crippen LogP contribution in [-0.2, 0) is 14.9 Å². The van der Waals surface area contributed by atoms with Gasteiger partial charge in [-0.2, -0.15) is 8.42 Å². The number of amides is 1. The Kier molecular flexibility index (Phi) is 11.4. The molecule has 0 unspecified atom stereocenters. The first kappa shape index (κ1) is 22.3. The van der Waals surface area contributed by atoms with E-state index >= 15 is 0 Å². The number of carbonyl (C=O) groups excluding carboxylic acids is 1. The number of hydrogen-bond acceptors (Lipinski definition) is 4. The quantitative estimate of drug-likeness (QED) is 0.265. The maximum Gasteiger partial charge on any atom is 0.265 e. The van der Waals surface area contributed by atoms with Crippen LogP contribution in [0.5, 0.6) is 0 Å². The van der Waals surface area contributed by atoms with Crippen molar-refractivity contribution in [3.63, 3.8) is 0 Å². The SMILES string of the molecule is CCC=CC(=O)NCCC[N+](C)(C)CCCS(=O)(=O)O.[OH-]. The molecule has 0 aliphatic heterocycles. The average molecular weight is 324 g/mol. The first-order valence-electron chi connectivity index (χ1n) is 6.88. The van der Waals surface area contributed by atoms with Gasteiger partial charge < -0.3 is 15.3 Å². The van der Waals surface area contributed by atoms with Crippen molar-refractivity contribution in [3.05, 3.63) is 12.2 Å². The fourth-order valence-corrected chi connectivity index (χ4v) is 2.28. The average Bonchev–Trinajstić information content (AvgIpc) is 2.30. The molecule has 0 aliphatic rings. The van der Waals surface area contributed by atoms with Crippen LogP contribution in [0.1, 0.15) is 26.2 Å². The number of rotatable bonds is 10. The fourth-order valence-electron chi connectivity index (χ4n) is 1.79. The highest BCUT2D eigenvalue weighted by Gasteiger charge is 2.16. The Hall–Kier alpha value is -0.960. The lowest BCUT2D eigenvalue weighted by molar-refractivity contribution is -0.890. The first-order valence-corrected chi connectivity index (χ1v) is 8.49. The zero-order valence-corrected chi connectivity index (χ0v) is 13.9. The van der Waals surface area contributed by atoms with Crippen molar-refractivity contribution < 1.29 is 27.7 Å². The zero-order valence-electron chi connectivity index (χ0n) is 13.1. The van der Waals surface area contributed by atoms with E-state index in [2.05, 4.69) is 5.32 Å². The van der Waals surface area contributed by atoms with E-state index in [9.17, 15) is 13.2 Å². The molecule has 8 heteroatoms. The van der Waals surface area contributed by atoms with Gasteiger partial charge in [0.2, 0.25) is 5.91 Å². The molecule has 1 amide bonds. The highest BCUT2D eigenvalue weighted by Crippen LogP contribution is 2.02. The van der Waals surface area contributed by atoms with E-state index in [1.54, 1.807) is 0 Å². The summed E-state index contributed by atoms with van der Waals surface area (Å²) >= 11 is 0. The molecular weight excluding hydrogens is 296 g/mol. The smallest absolute Gasteiger partial charge is 0.265 e. The molecular formula is C13H28N2O5S. The number of nitrogens with one attached hydrogen (secondary N) is 1. The summed E-state index contributed by atoms with van der Waals surface area (Å²) in [5.74, 6) is -0.281. The van der Waals surface area contributed by atoms with Crippen molar-refractivity contribution in [2.75, 3.05) is 39.5 Å². The largest absolute Gasteiger partial charge is 0.870 e. The molecule has 0 radical (unpaired) electrons. The molecule has 3 N–H and O–H groups in total. The van der Waals surface area contributed by atoms with E-state index in [0.717, 1.165) is 19.4 Å². The summed E-state index contributed by atoms with van der Waals surface area (Å²) in [5.41, 5.74) is 0. The summed E-state index contributed by atoms with van der Waals surface area (Å²) in [4.78, 5) is 11.3. The second-order valence-corrected chi connectivity index (χ2v) is 7.05. The summed E-state index contributed by atoms with van der Waals surface area (Å²) in [6, 6.07) is 0. The lowest BCUT2D eigenvalue weighted by Gasteiger charge is -2.29. The lowest BCUT2D eigenvalue weighted by atomic mass is 10.3. The third kappa shape index (κ3) is 15.3. The van der Waals surface area contributed by atoms with Crippen LogP contribution in [0.4, 0.5) is 0 Å². The van der Waals surface area contributed by atoms with Gasteiger partial charge in [0.15, 0.2) is 0 Å². The van der Waals surface area contributed by atoms with Crippen LogP contribution in [-0.4, -0.2) is 68.3 Å². The summed E-state index contributed by atoms with van der Waals surface area (Å²) in [6.07, 6.45) is 5.43. The summed E-state index contributed by atoms with van der Waals surface area (Å²) in [7, 11) is 0.139. The Morgan fingerprint density at radius 3 is 2.33 bits per heavy atom.